The molecule has 0 aliphatic carbocycles. The quantitative estimate of drug-likeness (QED) is 0.612. The van der Waals surface area contributed by atoms with Gasteiger partial charge in [-0.25, -0.2) is 9.78 Å². The molecule has 16 heavy (non-hydrogen) atoms. The molecule has 0 radical (unpaired) electrons. The van der Waals surface area contributed by atoms with Gasteiger partial charge in [0.25, 0.3) is 0 Å². The molecule has 3 rings (SSSR count). The van der Waals surface area contributed by atoms with Crippen molar-refractivity contribution in [2.24, 2.45) is 0 Å². The van der Waals surface area contributed by atoms with Crippen molar-refractivity contribution in [3.63, 3.8) is 0 Å². The Morgan fingerprint density at radius 1 is 1.25 bits per heavy atom. The highest BCUT2D eigenvalue weighted by Crippen LogP contribution is 2.13. The van der Waals surface area contributed by atoms with Crippen LogP contribution in [-0.4, -0.2) is 14.8 Å². The monoisotopic (exact) mass is 213 g/mol. The van der Waals surface area contributed by atoms with E-state index in [-0.39, 0.29) is 5.63 Å². The molecule has 0 spiro atoms. The van der Waals surface area contributed by atoms with E-state index in [0.29, 0.717) is 11.3 Å². The summed E-state index contributed by atoms with van der Waals surface area (Å²) < 4.78 is 6.55. The summed E-state index contributed by atoms with van der Waals surface area (Å²) in [6, 6.07) is 9.01. The number of nitrogens with zero attached hydrogens (tertiary/aromatic N) is 3. The molecular formula is C11H7N3O2. The molecule has 5 nitrogen and oxygen atoms in total. The van der Waals surface area contributed by atoms with Crippen LogP contribution in [0, 0.1) is 0 Å². The predicted octanol–water partition coefficient (Wildman–Crippen LogP) is 1.37. The second kappa shape index (κ2) is 3.30. The summed E-state index contributed by atoms with van der Waals surface area (Å²) in [4.78, 5) is 15.5. The van der Waals surface area contributed by atoms with E-state index in [2.05, 4.69) is 10.1 Å². The molecule has 0 unspecified atom stereocenters. The molecular weight excluding hydrogens is 206 g/mol. The second-order valence-corrected chi connectivity index (χ2v) is 3.30. The van der Waals surface area contributed by atoms with Crippen LogP contribution in [0.25, 0.3) is 16.7 Å². The zero-order valence-corrected chi connectivity index (χ0v) is 8.20. The van der Waals surface area contributed by atoms with E-state index in [4.69, 9.17) is 4.42 Å². The largest absolute Gasteiger partial charge is 0.404 e. The average molecular weight is 213 g/mol. The van der Waals surface area contributed by atoms with Crippen LogP contribution in [-0.2, 0) is 0 Å². The predicted molar refractivity (Wildman–Crippen MR) is 57.4 cm³/mol. The summed E-state index contributed by atoms with van der Waals surface area (Å²) >= 11 is 0. The van der Waals surface area contributed by atoms with Crippen molar-refractivity contribution in [2.45, 2.75) is 0 Å². The van der Waals surface area contributed by atoms with Gasteiger partial charge in [-0.3, -0.25) is 0 Å². The fourth-order valence-electron chi connectivity index (χ4n) is 1.56. The van der Waals surface area contributed by atoms with Crippen molar-refractivity contribution in [3.05, 3.63) is 53.4 Å². The first-order valence-electron chi connectivity index (χ1n) is 4.72. The van der Waals surface area contributed by atoms with Crippen LogP contribution in [0.3, 0.4) is 0 Å². The third-order valence-electron chi connectivity index (χ3n) is 2.30. The third kappa shape index (κ3) is 1.30. The van der Waals surface area contributed by atoms with Crippen molar-refractivity contribution in [3.8, 4) is 5.88 Å². The highest BCUT2D eigenvalue weighted by Gasteiger charge is 2.05. The third-order valence-corrected chi connectivity index (χ3v) is 2.30. The lowest BCUT2D eigenvalue weighted by Gasteiger charge is -2.00. The second-order valence-electron chi connectivity index (χ2n) is 3.30. The van der Waals surface area contributed by atoms with Crippen molar-refractivity contribution < 1.29 is 4.42 Å². The Morgan fingerprint density at radius 2 is 2.12 bits per heavy atom. The lowest BCUT2D eigenvalue weighted by molar-refractivity contribution is 0.481. The Bertz CT molecular complexity index is 686. The lowest BCUT2D eigenvalue weighted by Crippen LogP contribution is -2.04. The summed E-state index contributed by atoms with van der Waals surface area (Å²) in [5.74, 6) is 0.362. The van der Waals surface area contributed by atoms with Crippen molar-refractivity contribution in [2.75, 3.05) is 0 Å². The molecule has 1 aromatic carbocycles. The normalized spacial score (nSPS) is 10.8. The Labute approximate surface area is 90.0 Å². The van der Waals surface area contributed by atoms with E-state index in [1.165, 1.54) is 17.3 Å². The van der Waals surface area contributed by atoms with E-state index in [9.17, 15) is 4.79 Å². The molecule has 0 fully saturated rings. The van der Waals surface area contributed by atoms with Crippen molar-refractivity contribution in [1.29, 1.82) is 0 Å². The van der Waals surface area contributed by atoms with Crippen LogP contribution in [0.5, 0.6) is 0 Å². The van der Waals surface area contributed by atoms with Gasteiger partial charge in [0.05, 0.1) is 5.39 Å². The van der Waals surface area contributed by atoms with Gasteiger partial charge in [0.1, 0.15) is 12.7 Å². The minimum atomic E-state index is -0.372. The van der Waals surface area contributed by atoms with Crippen LogP contribution in [0.1, 0.15) is 0 Å². The molecule has 0 N–H and O–H groups in total. The van der Waals surface area contributed by atoms with Gasteiger partial charge in [-0.2, -0.15) is 9.78 Å². The number of rotatable bonds is 1. The Morgan fingerprint density at radius 3 is 2.94 bits per heavy atom. The van der Waals surface area contributed by atoms with Crippen LogP contribution in [0.2, 0.25) is 0 Å². The van der Waals surface area contributed by atoms with E-state index in [0.717, 1.165) is 5.39 Å². The van der Waals surface area contributed by atoms with E-state index in [1.807, 2.05) is 12.1 Å². The molecule has 5 heteroatoms. The minimum Gasteiger partial charge on any atom is -0.404 e. The smallest absolute Gasteiger partial charge is 0.345 e. The Hall–Kier alpha value is -2.43. The number of aromatic nitrogens is 3. The van der Waals surface area contributed by atoms with Crippen molar-refractivity contribution in [1.82, 2.24) is 14.8 Å². The maximum atomic E-state index is 11.7. The Kier molecular flexibility index (Phi) is 1.83. The maximum Gasteiger partial charge on any atom is 0.345 e. The van der Waals surface area contributed by atoms with Gasteiger partial charge in [0.2, 0.25) is 5.88 Å². The number of hydrogen-bond acceptors (Lipinski definition) is 4. The molecule has 0 bridgehead atoms. The summed E-state index contributed by atoms with van der Waals surface area (Å²) in [6.45, 7) is 0. The summed E-state index contributed by atoms with van der Waals surface area (Å²) in [5.41, 5.74) is -0.372. The first kappa shape index (κ1) is 8.84. The number of hydrogen-bond donors (Lipinski definition) is 0. The summed E-state index contributed by atoms with van der Waals surface area (Å²) in [6.07, 6.45) is 2.86. The van der Waals surface area contributed by atoms with E-state index >= 15 is 0 Å². The van der Waals surface area contributed by atoms with Crippen LogP contribution < -0.4 is 5.63 Å². The molecule has 0 atom stereocenters. The molecule has 2 heterocycles. The molecule has 0 saturated carbocycles. The topological polar surface area (TPSA) is 60.9 Å². The molecule has 0 aliphatic rings. The molecule has 3 aromatic rings. The summed E-state index contributed by atoms with van der Waals surface area (Å²) in [7, 11) is 0. The number of benzene rings is 1. The first-order valence-corrected chi connectivity index (χ1v) is 4.72. The standard InChI is InChI=1S/C11H7N3O2/c15-11-9-4-2-1-3-8(9)5-10(16-11)14-7-12-6-13-14/h1-7H. The van der Waals surface area contributed by atoms with Gasteiger partial charge in [0, 0.05) is 6.07 Å². The highest BCUT2D eigenvalue weighted by atomic mass is 16.4. The molecule has 78 valence electrons. The summed E-state index contributed by atoms with van der Waals surface area (Å²) in [5, 5.41) is 5.29. The van der Waals surface area contributed by atoms with Gasteiger partial charge in [-0.15, -0.1) is 0 Å². The lowest BCUT2D eigenvalue weighted by atomic mass is 10.2. The van der Waals surface area contributed by atoms with Gasteiger partial charge < -0.3 is 4.42 Å². The highest BCUT2D eigenvalue weighted by molar-refractivity contribution is 5.81. The zero-order valence-electron chi connectivity index (χ0n) is 8.20. The average Bonchev–Trinajstić information content (AvgIpc) is 2.82. The fraction of sp³-hybridized carbons (Fsp3) is 0. The van der Waals surface area contributed by atoms with Crippen LogP contribution >= 0.6 is 0 Å². The maximum absolute atomic E-state index is 11.7. The van der Waals surface area contributed by atoms with Crippen molar-refractivity contribution >= 4 is 10.8 Å². The van der Waals surface area contributed by atoms with E-state index in [1.54, 1.807) is 18.2 Å². The van der Waals surface area contributed by atoms with Gasteiger partial charge in [-0.05, 0) is 11.5 Å². The number of fused-ring (bicyclic) bond motifs is 1. The van der Waals surface area contributed by atoms with Crippen LogP contribution in [0.15, 0.2) is 52.2 Å². The molecule has 0 saturated heterocycles. The van der Waals surface area contributed by atoms with Crippen LogP contribution in [0.4, 0.5) is 0 Å². The zero-order chi connectivity index (χ0) is 11.0. The molecule has 0 amide bonds. The van der Waals surface area contributed by atoms with E-state index < -0.39 is 0 Å². The molecule has 2 aromatic heterocycles. The van der Waals surface area contributed by atoms with Gasteiger partial charge >= 0.3 is 5.63 Å². The molecule has 0 aliphatic heterocycles. The SMILES string of the molecule is O=c1oc(-n2cncn2)cc2ccccc12. The Balaban J connectivity index is 2.34. The van der Waals surface area contributed by atoms with Gasteiger partial charge in [0.15, 0.2) is 0 Å². The van der Waals surface area contributed by atoms with Gasteiger partial charge in [-0.1, -0.05) is 18.2 Å². The minimum absolute atomic E-state index is 0.362. The fourth-order valence-corrected chi connectivity index (χ4v) is 1.56. The first-order chi connectivity index (χ1) is 7.84.